The Morgan fingerprint density at radius 1 is 1.25 bits per heavy atom. The van der Waals surface area contributed by atoms with Crippen molar-refractivity contribution >= 4 is 11.9 Å². The van der Waals surface area contributed by atoms with Crippen molar-refractivity contribution in [3.05, 3.63) is 35.5 Å². The first-order valence-corrected chi connectivity index (χ1v) is 9.11. The van der Waals surface area contributed by atoms with Crippen molar-refractivity contribution in [1.82, 2.24) is 4.90 Å². The molecule has 2 aliphatic heterocycles. The average molecular weight is 329 g/mol. The third-order valence-corrected chi connectivity index (χ3v) is 5.37. The van der Waals surface area contributed by atoms with E-state index in [-0.39, 0.29) is 23.9 Å². The maximum atomic E-state index is 12.9. The molecule has 0 radical (unpaired) electrons. The van der Waals surface area contributed by atoms with Gasteiger partial charge in [-0.15, -0.1) is 0 Å². The zero-order valence-corrected chi connectivity index (χ0v) is 14.6. The molecule has 2 heterocycles. The molecule has 3 rings (SSSR count). The molecule has 1 amide bonds. The highest BCUT2D eigenvalue weighted by Gasteiger charge is 2.37. The van der Waals surface area contributed by atoms with Gasteiger partial charge < -0.3 is 9.64 Å². The molecule has 4 heteroatoms. The monoisotopic (exact) mass is 329 g/mol. The van der Waals surface area contributed by atoms with Crippen LogP contribution in [0.1, 0.15) is 51.9 Å². The summed E-state index contributed by atoms with van der Waals surface area (Å²) >= 11 is 0. The van der Waals surface area contributed by atoms with Crippen LogP contribution in [0.5, 0.6) is 0 Å². The SMILES string of the molecule is C=C1C(=O)O[C@@H]2/C=C(\C)CC/C=C(/C(=O)N3CCCCC3)CC[C@@H]12. The standard InChI is InChI=1S/C20H27NO3/c1-14-7-6-8-16(19(22)21-11-4-3-5-12-21)9-10-17-15(2)20(23)24-18(17)13-14/h8,13,17-18H,2-7,9-12H2,1H3/b14-13+,16-8+/t17-,18+/m0/s1. The highest BCUT2D eigenvalue weighted by Crippen LogP contribution is 2.34. The molecular weight excluding hydrogens is 302 g/mol. The summed E-state index contributed by atoms with van der Waals surface area (Å²) in [5.74, 6) is -0.117. The lowest BCUT2D eigenvalue weighted by molar-refractivity contribution is -0.137. The van der Waals surface area contributed by atoms with Crippen LogP contribution in [-0.4, -0.2) is 36.0 Å². The van der Waals surface area contributed by atoms with Crippen LogP contribution in [-0.2, 0) is 14.3 Å². The van der Waals surface area contributed by atoms with Crippen LogP contribution >= 0.6 is 0 Å². The summed E-state index contributed by atoms with van der Waals surface area (Å²) in [6.07, 6.45) is 10.6. The van der Waals surface area contributed by atoms with Gasteiger partial charge in [0.2, 0.25) is 5.91 Å². The van der Waals surface area contributed by atoms with E-state index < -0.39 is 0 Å². The largest absolute Gasteiger partial charge is 0.454 e. The molecule has 0 bridgehead atoms. The van der Waals surface area contributed by atoms with Gasteiger partial charge in [0.15, 0.2) is 0 Å². The fourth-order valence-corrected chi connectivity index (χ4v) is 3.86. The van der Waals surface area contributed by atoms with Crippen LogP contribution in [0.3, 0.4) is 0 Å². The van der Waals surface area contributed by atoms with Gasteiger partial charge in [-0.2, -0.15) is 0 Å². The number of ether oxygens (including phenoxy) is 1. The molecule has 0 unspecified atom stereocenters. The van der Waals surface area contributed by atoms with E-state index in [2.05, 4.69) is 25.7 Å². The Hall–Kier alpha value is -1.84. The van der Waals surface area contributed by atoms with E-state index in [1.165, 1.54) is 12.0 Å². The Morgan fingerprint density at radius 2 is 2.00 bits per heavy atom. The van der Waals surface area contributed by atoms with Gasteiger partial charge in [-0.05, 0) is 57.9 Å². The first-order chi connectivity index (χ1) is 11.6. The molecule has 0 spiro atoms. The fraction of sp³-hybridized carbons (Fsp3) is 0.600. The predicted molar refractivity (Wildman–Crippen MR) is 93.2 cm³/mol. The van der Waals surface area contributed by atoms with Gasteiger partial charge in [0, 0.05) is 30.2 Å². The highest BCUT2D eigenvalue weighted by atomic mass is 16.5. The summed E-state index contributed by atoms with van der Waals surface area (Å²) in [7, 11) is 0. The van der Waals surface area contributed by atoms with Gasteiger partial charge in [0.25, 0.3) is 0 Å². The van der Waals surface area contributed by atoms with Crippen LogP contribution < -0.4 is 0 Å². The molecule has 0 aromatic rings. The second-order valence-electron chi connectivity index (χ2n) is 7.17. The molecule has 0 N–H and O–H groups in total. The van der Waals surface area contributed by atoms with Gasteiger partial charge >= 0.3 is 5.97 Å². The Bertz CT molecular complexity index is 596. The number of piperidine rings is 1. The lowest BCUT2D eigenvalue weighted by Crippen LogP contribution is -2.36. The van der Waals surface area contributed by atoms with Crippen molar-refractivity contribution < 1.29 is 14.3 Å². The number of nitrogens with zero attached hydrogens (tertiary/aromatic N) is 1. The molecule has 2 saturated heterocycles. The number of fused-ring (bicyclic) bond motifs is 1. The second-order valence-corrected chi connectivity index (χ2v) is 7.17. The molecular formula is C20H27NO3. The molecule has 1 aliphatic carbocycles. The number of hydrogen-bond acceptors (Lipinski definition) is 3. The Balaban J connectivity index is 1.77. The van der Waals surface area contributed by atoms with E-state index in [1.807, 2.05) is 4.90 Å². The Kier molecular flexibility index (Phi) is 5.22. The predicted octanol–water partition coefficient (Wildman–Crippen LogP) is 3.54. The molecule has 24 heavy (non-hydrogen) atoms. The molecule has 2 fully saturated rings. The van der Waals surface area contributed by atoms with E-state index >= 15 is 0 Å². The van der Waals surface area contributed by atoms with Crippen molar-refractivity contribution in [2.75, 3.05) is 13.1 Å². The van der Waals surface area contributed by atoms with Crippen LogP contribution in [0, 0.1) is 5.92 Å². The molecule has 0 saturated carbocycles. The summed E-state index contributed by atoms with van der Waals surface area (Å²) in [5, 5.41) is 0. The van der Waals surface area contributed by atoms with E-state index in [9.17, 15) is 9.59 Å². The summed E-state index contributed by atoms with van der Waals surface area (Å²) in [6.45, 7) is 7.72. The molecule has 0 aromatic heterocycles. The van der Waals surface area contributed by atoms with Gasteiger partial charge in [-0.3, -0.25) is 4.79 Å². The average Bonchev–Trinajstić information content (AvgIpc) is 2.85. The fourth-order valence-electron chi connectivity index (χ4n) is 3.86. The summed E-state index contributed by atoms with van der Waals surface area (Å²) in [4.78, 5) is 26.7. The molecule has 130 valence electrons. The number of carbonyl (C=O) groups is 2. The number of carbonyl (C=O) groups excluding carboxylic acids is 2. The van der Waals surface area contributed by atoms with Crippen LogP contribution in [0.15, 0.2) is 35.5 Å². The third-order valence-electron chi connectivity index (χ3n) is 5.37. The third kappa shape index (κ3) is 3.63. The lowest BCUT2D eigenvalue weighted by Gasteiger charge is -2.28. The van der Waals surface area contributed by atoms with E-state index in [0.29, 0.717) is 12.0 Å². The first-order valence-electron chi connectivity index (χ1n) is 9.11. The van der Waals surface area contributed by atoms with Crippen molar-refractivity contribution in [3.63, 3.8) is 0 Å². The quantitative estimate of drug-likeness (QED) is 0.420. The van der Waals surface area contributed by atoms with E-state index in [0.717, 1.165) is 50.8 Å². The van der Waals surface area contributed by atoms with Crippen LogP contribution in [0.4, 0.5) is 0 Å². The van der Waals surface area contributed by atoms with E-state index in [4.69, 9.17) is 4.74 Å². The zero-order valence-electron chi connectivity index (χ0n) is 14.6. The van der Waals surface area contributed by atoms with E-state index in [1.54, 1.807) is 0 Å². The summed E-state index contributed by atoms with van der Waals surface area (Å²) < 4.78 is 5.46. The molecule has 0 aromatic carbocycles. The van der Waals surface area contributed by atoms with Crippen LogP contribution in [0.2, 0.25) is 0 Å². The van der Waals surface area contributed by atoms with Crippen molar-refractivity contribution in [2.24, 2.45) is 5.92 Å². The number of allylic oxidation sites excluding steroid dienone is 2. The minimum atomic E-state index is -0.291. The smallest absolute Gasteiger partial charge is 0.334 e. The number of esters is 1. The molecule has 3 aliphatic rings. The zero-order chi connectivity index (χ0) is 17.1. The number of hydrogen-bond donors (Lipinski definition) is 0. The molecule has 4 nitrogen and oxygen atoms in total. The Labute approximate surface area is 144 Å². The normalized spacial score (nSPS) is 33.0. The number of rotatable bonds is 1. The van der Waals surface area contributed by atoms with Crippen molar-refractivity contribution in [3.8, 4) is 0 Å². The van der Waals surface area contributed by atoms with Gasteiger partial charge in [0.05, 0.1) is 0 Å². The topological polar surface area (TPSA) is 46.6 Å². The number of likely N-dealkylation sites (tertiary alicyclic amines) is 1. The van der Waals surface area contributed by atoms with Gasteiger partial charge in [-0.1, -0.05) is 18.2 Å². The summed E-state index contributed by atoms with van der Waals surface area (Å²) in [6, 6.07) is 0. The van der Waals surface area contributed by atoms with Gasteiger partial charge in [0.1, 0.15) is 6.10 Å². The summed E-state index contributed by atoms with van der Waals surface area (Å²) in [5.41, 5.74) is 2.65. The first kappa shape index (κ1) is 17.0. The lowest BCUT2D eigenvalue weighted by atomic mass is 9.87. The van der Waals surface area contributed by atoms with Crippen LogP contribution in [0.25, 0.3) is 0 Å². The second kappa shape index (κ2) is 7.37. The Morgan fingerprint density at radius 3 is 2.75 bits per heavy atom. The minimum Gasteiger partial charge on any atom is -0.454 e. The maximum Gasteiger partial charge on any atom is 0.334 e. The maximum absolute atomic E-state index is 12.9. The van der Waals surface area contributed by atoms with Crippen molar-refractivity contribution in [1.29, 1.82) is 0 Å². The van der Waals surface area contributed by atoms with Crippen molar-refractivity contribution in [2.45, 2.75) is 58.0 Å². The van der Waals surface area contributed by atoms with Gasteiger partial charge in [-0.25, -0.2) is 4.79 Å². The molecule has 2 atom stereocenters. The number of amides is 1. The highest BCUT2D eigenvalue weighted by molar-refractivity contribution is 5.94. The minimum absolute atomic E-state index is 0.0110.